The van der Waals surface area contributed by atoms with Crippen molar-refractivity contribution < 1.29 is 9.90 Å². The molecule has 3 rings (SSSR count). The van der Waals surface area contributed by atoms with Crippen molar-refractivity contribution in [1.29, 1.82) is 0 Å². The van der Waals surface area contributed by atoms with Crippen molar-refractivity contribution >= 4 is 11.6 Å². The number of hydrogen-bond acceptors (Lipinski definition) is 2. The van der Waals surface area contributed by atoms with Gasteiger partial charge in [-0.25, -0.2) is 0 Å². The maximum absolute atomic E-state index is 11.6. The van der Waals surface area contributed by atoms with Crippen LogP contribution >= 0.6 is 0 Å². The van der Waals surface area contributed by atoms with Crippen LogP contribution in [0.1, 0.15) is 17.5 Å². The molecule has 1 aromatic carbocycles. The van der Waals surface area contributed by atoms with E-state index in [1.165, 1.54) is 0 Å². The third-order valence-corrected chi connectivity index (χ3v) is 3.04. The van der Waals surface area contributed by atoms with E-state index in [2.05, 4.69) is 0 Å². The van der Waals surface area contributed by atoms with Gasteiger partial charge in [0, 0.05) is 13.0 Å². The molecule has 0 unspecified atom stereocenters. The number of carbonyl (C=O) groups excluding carboxylic acids is 1. The molecule has 2 aliphatic rings. The number of amides is 1. The smallest absolute Gasteiger partial charge is 0.227 e. The fourth-order valence-corrected chi connectivity index (χ4v) is 2.44. The van der Waals surface area contributed by atoms with Gasteiger partial charge in [0.15, 0.2) is 0 Å². The molecule has 0 saturated carbocycles. The van der Waals surface area contributed by atoms with E-state index in [1.54, 1.807) is 12.1 Å². The maximum atomic E-state index is 11.6. The van der Waals surface area contributed by atoms with Crippen LogP contribution in [0.3, 0.4) is 0 Å². The van der Waals surface area contributed by atoms with Crippen LogP contribution < -0.4 is 4.90 Å². The zero-order valence-electron chi connectivity index (χ0n) is 7.79. The average molecular weight is 189 g/mol. The van der Waals surface area contributed by atoms with Gasteiger partial charge in [-0.05, 0) is 36.1 Å². The Morgan fingerprint density at radius 1 is 1.14 bits per heavy atom. The molecule has 1 aromatic rings. The Morgan fingerprint density at radius 3 is 2.64 bits per heavy atom. The van der Waals surface area contributed by atoms with E-state index in [-0.39, 0.29) is 5.91 Å². The molecule has 2 aliphatic heterocycles. The lowest BCUT2D eigenvalue weighted by molar-refractivity contribution is -0.118. The van der Waals surface area contributed by atoms with Crippen molar-refractivity contribution in [2.75, 3.05) is 11.4 Å². The third-order valence-electron chi connectivity index (χ3n) is 3.04. The van der Waals surface area contributed by atoms with Crippen molar-refractivity contribution in [3.8, 4) is 5.75 Å². The average Bonchev–Trinajstić information content (AvgIpc) is 2.56. The highest BCUT2D eigenvalue weighted by Gasteiger charge is 2.31. The number of anilines is 1. The van der Waals surface area contributed by atoms with Gasteiger partial charge in [-0.15, -0.1) is 0 Å². The number of rotatable bonds is 0. The molecule has 0 fully saturated rings. The van der Waals surface area contributed by atoms with Gasteiger partial charge >= 0.3 is 0 Å². The summed E-state index contributed by atoms with van der Waals surface area (Å²) in [5.41, 5.74) is 3.31. The minimum atomic E-state index is 0.224. The second kappa shape index (κ2) is 2.50. The molecule has 2 heterocycles. The fourth-order valence-electron chi connectivity index (χ4n) is 2.44. The topological polar surface area (TPSA) is 40.5 Å². The highest BCUT2D eigenvalue weighted by atomic mass is 16.3. The van der Waals surface area contributed by atoms with Gasteiger partial charge < -0.3 is 10.0 Å². The molecule has 1 N–H and O–H groups in total. The first kappa shape index (κ1) is 7.85. The quantitative estimate of drug-likeness (QED) is 0.666. The summed E-state index contributed by atoms with van der Waals surface area (Å²) in [4.78, 5) is 13.4. The first-order chi connectivity index (χ1) is 6.75. The zero-order chi connectivity index (χ0) is 9.71. The molecule has 72 valence electrons. The van der Waals surface area contributed by atoms with Gasteiger partial charge in [0.25, 0.3) is 0 Å². The van der Waals surface area contributed by atoms with Crippen LogP contribution in [0, 0.1) is 0 Å². The van der Waals surface area contributed by atoms with Crippen LogP contribution in [0.5, 0.6) is 5.75 Å². The second-order valence-electron chi connectivity index (χ2n) is 3.91. The van der Waals surface area contributed by atoms with Crippen LogP contribution in [-0.2, 0) is 17.6 Å². The van der Waals surface area contributed by atoms with E-state index in [9.17, 15) is 9.90 Å². The first-order valence-corrected chi connectivity index (χ1v) is 4.91. The van der Waals surface area contributed by atoms with E-state index in [4.69, 9.17) is 0 Å². The molecule has 0 aromatic heterocycles. The standard InChI is InChI=1S/C11H11NO2/c13-9-5-7-1-2-10(14)12-4-3-8(6-9)11(7)12/h5-6,13H,1-4H2. The summed E-state index contributed by atoms with van der Waals surface area (Å²) in [6, 6.07) is 3.56. The fraction of sp³-hybridized carbons (Fsp3) is 0.364. The number of hydrogen-bond donors (Lipinski definition) is 1. The summed E-state index contributed by atoms with van der Waals surface area (Å²) in [5, 5.41) is 9.48. The van der Waals surface area contributed by atoms with Crippen molar-refractivity contribution in [3.63, 3.8) is 0 Å². The van der Waals surface area contributed by atoms with Crippen LogP contribution in [0.4, 0.5) is 5.69 Å². The van der Waals surface area contributed by atoms with E-state index in [0.717, 1.165) is 36.2 Å². The molecule has 3 heteroatoms. The molecule has 0 saturated heterocycles. The zero-order valence-corrected chi connectivity index (χ0v) is 7.79. The Hall–Kier alpha value is -1.51. The van der Waals surface area contributed by atoms with Crippen molar-refractivity contribution in [3.05, 3.63) is 23.3 Å². The summed E-state index contributed by atoms with van der Waals surface area (Å²) in [6.07, 6.45) is 2.23. The summed E-state index contributed by atoms with van der Waals surface area (Å²) >= 11 is 0. The first-order valence-electron chi connectivity index (χ1n) is 4.91. The van der Waals surface area contributed by atoms with Gasteiger partial charge in [0.2, 0.25) is 5.91 Å². The number of benzene rings is 1. The predicted molar refractivity (Wildman–Crippen MR) is 52.5 cm³/mol. The number of aromatic hydroxyl groups is 1. The van der Waals surface area contributed by atoms with Gasteiger partial charge in [-0.2, -0.15) is 0 Å². The Kier molecular flexibility index (Phi) is 1.40. The summed E-state index contributed by atoms with van der Waals surface area (Å²) in [6.45, 7) is 0.782. The molecule has 14 heavy (non-hydrogen) atoms. The van der Waals surface area contributed by atoms with Crippen LogP contribution in [0.25, 0.3) is 0 Å². The van der Waals surface area contributed by atoms with Gasteiger partial charge in [-0.1, -0.05) is 0 Å². The van der Waals surface area contributed by atoms with E-state index >= 15 is 0 Å². The maximum Gasteiger partial charge on any atom is 0.227 e. The van der Waals surface area contributed by atoms with E-state index in [0.29, 0.717) is 12.2 Å². The second-order valence-corrected chi connectivity index (χ2v) is 3.91. The number of aryl methyl sites for hydroxylation is 1. The third kappa shape index (κ3) is 0.895. The Balaban J connectivity index is 2.24. The van der Waals surface area contributed by atoms with Gasteiger partial charge in [0.1, 0.15) is 5.75 Å². The SMILES string of the molecule is O=C1CCc2cc(O)cc3c2N1CC3. The lowest BCUT2D eigenvalue weighted by atomic mass is 9.99. The normalized spacial score (nSPS) is 18.6. The monoisotopic (exact) mass is 189 g/mol. The van der Waals surface area contributed by atoms with Crippen LogP contribution in [0.2, 0.25) is 0 Å². The molecular formula is C11H11NO2. The van der Waals surface area contributed by atoms with E-state index < -0.39 is 0 Å². The van der Waals surface area contributed by atoms with Crippen molar-refractivity contribution in [2.24, 2.45) is 0 Å². The highest BCUT2D eigenvalue weighted by Crippen LogP contribution is 2.38. The largest absolute Gasteiger partial charge is 0.508 e. The Morgan fingerprint density at radius 2 is 1.86 bits per heavy atom. The molecule has 0 spiro atoms. The molecule has 0 bridgehead atoms. The molecule has 0 radical (unpaired) electrons. The molecule has 0 atom stereocenters. The highest BCUT2D eigenvalue weighted by molar-refractivity contribution is 5.98. The predicted octanol–water partition coefficient (Wildman–Crippen LogP) is 1.23. The van der Waals surface area contributed by atoms with Crippen molar-refractivity contribution in [2.45, 2.75) is 19.3 Å². The number of nitrogens with zero attached hydrogens (tertiary/aromatic N) is 1. The lowest BCUT2D eigenvalue weighted by Crippen LogP contribution is -2.32. The number of phenols is 1. The molecular weight excluding hydrogens is 178 g/mol. The Bertz CT molecular complexity index is 426. The van der Waals surface area contributed by atoms with Crippen LogP contribution in [-0.4, -0.2) is 17.6 Å². The minimum Gasteiger partial charge on any atom is -0.508 e. The van der Waals surface area contributed by atoms with Gasteiger partial charge in [-0.3, -0.25) is 4.79 Å². The van der Waals surface area contributed by atoms with Gasteiger partial charge in [0.05, 0.1) is 5.69 Å². The Labute approximate surface area is 82.0 Å². The van der Waals surface area contributed by atoms with Crippen molar-refractivity contribution in [1.82, 2.24) is 0 Å². The minimum absolute atomic E-state index is 0.224. The van der Waals surface area contributed by atoms with E-state index in [1.807, 2.05) is 4.90 Å². The molecule has 0 aliphatic carbocycles. The summed E-state index contributed by atoms with van der Waals surface area (Å²) < 4.78 is 0. The number of phenolic OH excluding ortho intramolecular Hbond substituents is 1. The lowest BCUT2D eigenvalue weighted by Gasteiger charge is -2.25. The molecule has 1 amide bonds. The number of carbonyl (C=O) groups is 1. The molecule has 3 nitrogen and oxygen atoms in total. The summed E-state index contributed by atoms with van der Waals surface area (Å²) in [7, 11) is 0. The van der Waals surface area contributed by atoms with Crippen LogP contribution in [0.15, 0.2) is 12.1 Å². The summed E-state index contributed by atoms with van der Waals surface area (Å²) in [5.74, 6) is 0.553.